The van der Waals surface area contributed by atoms with Gasteiger partial charge in [0.2, 0.25) is 0 Å². The number of hydrogen-bond acceptors (Lipinski definition) is 3. The predicted octanol–water partition coefficient (Wildman–Crippen LogP) is 0.675. The lowest BCUT2D eigenvalue weighted by molar-refractivity contribution is -0.142. The minimum Gasteiger partial charge on any atom is -0.480 e. The molecule has 0 aliphatic rings. The van der Waals surface area contributed by atoms with Crippen LogP contribution in [0.2, 0.25) is 5.15 Å². The summed E-state index contributed by atoms with van der Waals surface area (Å²) >= 11 is 5.70. The van der Waals surface area contributed by atoms with Crippen molar-refractivity contribution in [1.29, 1.82) is 0 Å². The molecule has 0 aliphatic carbocycles. The van der Waals surface area contributed by atoms with E-state index in [0.29, 0.717) is 11.0 Å². The van der Waals surface area contributed by atoms with E-state index in [2.05, 4.69) is 4.98 Å². The third-order valence-electron chi connectivity index (χ3n) is 1.48. The number of carbonyl (C=O) groups is 1. The monoisotopic (exact) mass is 204 g/mol. The molecule has 0 saturated carbocycles. The van der Waals surface area contributed by atoms with Crippen LogP contribution in [-0.2, 0) is 23.2 Å². The maximum Gasteiger partial charge on any atom is 0.329 e. The van der Waals surface area contributed by atoms with Gasteiger partial charge in [0.25, 0.3) is 0 Å². The summed E-state index contributed by atoms with van der Waals surface area (Å²) in [6, 6.07) is 0. The summed E-state index contributed by atoms with van der Waals surface area (Å²) in [5.74, 6) is -0.397. The van der Waals surface area contributed by atoms with Gasteiger partial charge in [0, 0.05) is 7.05 Å². The largest absolute Gasteiger partial charge is 0.480 e. The highest BCUT2D eigenvalue weighted by Gasteiger charge is 2.04. The van der Waals surface area contributed by atoms with Crippen LogP contribution in [0, 0.1) is 0 Å². The second kappa shape index (κ2) is 4.25. The number of carboxylic acids is 1. The molecule has 5 nitrogen and oxygen atoms in total. The Bertz CT molecular complexity index is 311. The molecule has 13 heavy (non-hydrogen) atoms. The van der Waals surface area contributed by atoms with Crippen LogP contribution in [0.25, 0.3) is 0 Å². The molecule has 0 unspecified atom stereocenters. The van der Waals surface area contributed by atoms with Crippen molar-refractivity contribution in [2.45, 2.75) is 6.61 Å². The van der Waals surface area contributed by atoms with Gasteiger partial charge in [-0.3, -0.25) is 0 Å². The van der Waals surface area contributed by atoms with Crippen LogP contribution in [0.3, 0.4) is 0 Å². The van der Waals surface area contributed by atoms with Gasteiger partial charge in [-0.15, -0.1) is 0 Å². The summed E-state index contributed by atoms with van der Waals surface area (Å²) in [5.41, 5.74) is 0. The van der Waals surface area contributed by atoms with E-state index >= 15 is 0 Å². The fourth-order valence-electron chi connectivity index (χ4n) is 0.788. The summed E-state index contributed by atoms with van der Waals surface area (Å²) < 4.78 is 6.46. The Morgan fingerprint density at radius 2 is 2.54 bits per heavy atom. The molecule has 0 atom stereocenters. The van der Waals surface area contributed by atoms with Gasteiger partial charge < -0.3 is 14.4 Å². The number of imidazole rings is 1. The lowest BCUT2D eigenvalue weighted by atomic mass is 10.6. The highest BCUT2D eigenvalue weighted by molar-refractivity contribution is 6.29. The standard InChI is InChI=1S/C7H9ClN2O3/c1-10-5(8)2-9-6(10)3-13-4-7(11)12/h2H,3-4H2,1H3,(H,11,12). The van der Waals surface area contributed by atoms with Gasteiger partial charge in [0.15, 0.2) is 0 Å². The molecule has 0 bridgehead atoms. The normalized spacial score (nSPS) is 10.3. The van der Waals surface area contributed by atoms with Gasteiger partial charge >= 0.3 is 5.97 Å². The molecule has 0 aromatic carbocycles. The van der Waals surface area contributed by atoms with Crippen molar-refractivity contribution in [1.82, 2.24) is 9.55 Å². The second-order valence-electron chi connectivity index (χ2n) is 2.44. The van der Waals surface area contributed by atoms with Crippen LogP contribution in [-0.4, -0.2) is 27.2 Å². The van der Waals surface area contributed by atoms with E-state index in [1.165, 1.54) is 6.20 Å². The van der Waals surface area contributed by atoms with E-state index < -0.39 is 5.97 Å². The zero-order valence-corrected chi connectivity index (χ0v) is 7.78. The molecule has 1 aromatic rings. The molecule has 1 heterocycles. The number of carboxylic acid groups (broad SMARTS) is 1. The van der Waals surface area contributed by atoms with E-state index in [4.69, 9.17) is 21.4 Å². The molecule has 0 fully saturated rings. The molecule has 0 saturated heterocycles. The van der Waals surface area contributed by atoms with Gasteiger partial charge in [-0.25, -0.2) is 9.78 Å². The Kier molecular flexibility index (Phi) is 3.27. The Morgan fingerprint density at radius 3 is 3.00 bits per heavy atom. The van der Waals surface area contributed by atoms with Crippen molar-refractivity contribution in [2.75, 3.05) is 6.61 Å². The second-order valence-corrected chi connectivity index (χ2v) is 2.83. The number of aromatic nitrogens is 2. The quantitative estimate of drug-likeness (QED) is 0.783. The smallest absolute Gasteiger partial charge is 0.329 e. The van der Waals surface area contributed by atoms with E-state index in [0.717, 1.165) is 0 Å². The van der Waals surface area contributed by atoms with Crippen LogP contribution in [0.15, 0.2) is 6.20 Å². The first-order chi connectivity index (χ1) is 6.11. The van der Waals surface area contributed by atoms with Crippen LogP contribution in [0.1, 0.15) is 5.82 Å². The number of rotatable bonds is 4. The van der Waals surface area contributed by atoms with Crippen LogP contribution in [0.5, 0.6) is 0 Å². The zero-order valence-electron chi connectivity index (χ0n) is 7.03. The fraction of sp³-hybridized carbons (Fsp3) is 0.429. The molecular weight excluding hydrogens is 196 g/mol. The minimum atomic E-state index is -1.000. The molecule has 1 aromatic heterocycles. The number of hydrogen-bond donors (Lipinski definition) is 1. The van der Waals surface area contributed by atoms with E-state index in [1.54, 1.807) is 11.6 Å². The molecular formula is C7H9ClN2O3. The van der Waals surface area contributed by atoms with E-state index in [9.17, 15) is 4.79 Å². The first-order valence-corrected chi connectivity index (χ1v) is 3.94. The third-order valence-corrected chi connectivity index (χ3v) is 1.84. The lowest BCUT2D eigenvalue weighted by Gasteiger charge is -2.01. The molecule has 6 heteroatoms. The van der Waals surface area contributed by atoms with Crippen molar-refractivity contribution in [3.63, 3.8) is 0 Å². The number of nitrogens with zero attached hydrogens (tertiary/aromatic N) is 2. The van der Waals surface area contributed by atoms with Crippen LogP contribution >= 0.6 is 11.6 Å². The van der Waals surface area contributed by atoms with Crippen molar-refractivity contribution in [3.05, 3.63) is 17.2 Å². The number of aliphatic carboxylic acids is 1. The SMILES string of the molecule is Cn1c(Cl)cnc1COCC(=O)O. The van der Waals surface area contributed by atoms with Crippen LogP contribution in [0.4, 0.5) is 0 Å². The number of ether oxygens (including phenoxy) is 1. The molecule has 0 spiro atoms. The van der Waals surface area contributed by atoms with Gasteiger partial charge in [-0.1, -0.05) is 11.6 Å². The summed E-state index contributed by atoms with van der Waals surface area (Å²) in [7, 11) is 1.73. The van der Waals surface area contributed by atoms with Gasteiger partial charge in [0.1, 0.15) is 24.2 Å². The molecule has 0 aliphatic heterocycles. The Balaban J connectivity index is 2.45. The topological polar surface area (TPSA) is 64.4 Å². The Hall–Kier alpha value is -1.07. The van der Waals surface area contributed by atoms with Crippen molar-refractivity contribution >= 4 is 17.6 Å². The summed E-state index contributed by atoms with van der Waals surface area (Å²) in [6.07, 6.45) is 1.49. The summed E-state index contributed by atoms with van der Waals surface area (Å²) in [6.45, 7) is -0.181. The maximum absolute atomic E-state index is 10.1. The fourth-order valence-corrected chi connectivity index (χ4v) is 0.934. The minimum absolute atomic E-state index is 0.148. The Labute approximate surface area is 79.9 Å². The van der Waals surface area contributed by atoms with Gasteiger partial charge in [-0.05, 0) is 0 Å². The highest BCUT2D eigenvalue weighted by atomic mass is 35.5. The van der Waals surface area contributed by atoms with Crippen molar-refractivity contribution in [2.24, 2.45) is 7.05 Å². The molecule has 0 radical (unpaired) electrons. The summed E-state index contributed by atoms with van der Waals surface area (Å²) in [4.78, 5) is 14.0. The van der Waals surface area contributed by atoms with Crippen molar-refractivity contribution < 1.29 is 14.6 Å². The zero-order chi connectivity index (χ0) is 9.84. The van der Waals surface area contributed by atoms with Gasteiger partial charge in [-0.2, -0.15) is 0 Å². The molecule has 1 rings (SSSR count). The average molecular weight is 205 g/mol. The maximum atomic E-state index is 10.1. The first-order valence-electron chi connectivity index (χ1n) is 3.57. The third kappa shape index (κ3) is 2.71. The molecule has 0 amide bonds. The van der Waals surface area contributed by atoms with Crippen LogP contribution < -0.4 is 0 Å². The average Bonchev–Trinajstić information content (AvgIpc) is 2.35. The summed E-state index contributed by atoms with van der Waals surface area (Å²) in [5, 5.41) is 8.78. The van der Waals surface area contributed by atoms with E-state index in [1.807, 2.05) is 0 Å². The lowest BCUT2D eigenvalue weighted by Crippen LogP contribution is -2.09. The first kappa shape index (κ1) is 10.0. The van der Waals surface area contributed by atoms with Crippen molar-refractivity contribution in [3.8, 4) is 0 Å². The predicted molar refractivity (Wildman–Crippen MR) is 45.5 cm³/mol. The molecule has 1 N–H and O–H groups in total. The van der Waals surface area contributed by atoms with Gasteiger partial charge in [0.05, 0.1) is 6.20 Å². The number of halogens is 1. The Morgan fingerprint density at radius 1 is 1.85 bits per heavy atom. The van der Waals surface area contributed by atoms with E-state index in [-0.39, 0.29) is 13.2 Å². The highest BCUT2D eigenvalue weighted by Crippen LogP contribution is 2.09. The molecule has 72 valence electrons.